The molecule has 0 radical (unpaired) electrons. The van der Waals surface area contributed by atoms with Gasteiger partial charge in [-0.1, -0.05) is 13.3 Å². The number of hydrogen-bond donors (Lipinski definition) is 1. The van der Waals surface area contributed by atoms with Crippen LogP contribution in [0.4, 0.5) is 0 Å². The molecule has 1 aliphatic heterocycles. The van der Waals surface area contributed by atoms with Crippen LogP contribution in [0.2, 0.25) is 0 Å². The topological polar surface area (TPSA) is 79.2 Å². The Bertz CT molecular complexity index is 762. The monoisotopic (exact) mass is 354 g/mol. The molecule has 0 aromatic carbocycles. The van der Waals surface area contributed by atoms with E-state index >= 15 is 0 Å². The Morgan fingerprint density at radius 3 is 2.88 bits per heavy atom. The Kier molecular flexibility index (Phi) is 5.61. The van der Waals surface area contributed by atoms with E-state index in [2.05, 4.69) is 21.9 Å². The van der Waals surface area contributed by atoms with E-state index < -0.39 is 0 Å². The van der Waals surface area contributed by atoms with Crippen molar-refractivity contribution in [1.29, 1.82) is 0 Å². The largest absolute Gasteiger partial charge is 0.396 e. The van der Waals surface area contributed by atoms with E-state index in [1.165, 1.54) is 0 Å². The van der Waals surface area contributed by atoms with Gasteiger partial charge in [0.1, 0.15) is 0 Å². The summed E-state index contributed by atoms with van der Waals surface area (Å²) in [5.74, 6) is 0.523. The molecule has 26 heavy (non-hydrogen) atoms. The van der Waals surface area contributed by atoms with Gasteiger partial charge in [0, 0.05) is 42.7 Å². The number of nitrogens with zero attached hydrogens (tertiary/aromatic N) is 4. The molecular weight excluding hydrogens is 328 g/mol. The van der Waals surface area contributed by atoms with Gasteiger partial charge in [0.25, 0.3) is 5.91 Å². The Hall–Kier alpha value is -2.34. The smallest absolute Gasteiger partial charge is 0.257 e. The molecule has 1 saturated heterocycles. The van der Waals surface area contributed by atoms with Crippen LogP contribution in [-0.2, 0) is 0 Å². The number of carbonyl (C=O) groups excluding carboxylic acids is 1. The van der Waals surface area contributed by atoms with Crippen LogP contribution in [0.1, 0.15) is 48.7 Å². The van der Waals surface area contributed by atoms with Crippen molar-refractivity contribution in [1.82, 2.24) is 19.9 Å². The van der Waals surface area contributed by atoms with Crippen LogP contribution in [0.15, 0.2) is 30.7 Å². The highest BCUT2D eigenvalue weighted by molar-refractivity contribution is 5.95. The first-order chi connectivity index (χ1) is 12.6. The summed E-state index contributed by atoms with van der Waals surface area (Å²) in [6, 6.07) is 3.73. The van der Waals surface area contributed by atoms with Crippen LogP contribution in [-0.4, -0.2) is 50.6 Å². The lowest BCUT2D eigenvalue weighted by molar-refractivity contribution is 0.0221. The molecule has 1 N–H and O–H groups in total. The maximum atomic E-state index is 13.0. The fourth-order valence-electron chi connectivity index (χ4n) is 3.81. The zero-order chi connectivity index (χ0) is 18.6. The Labute approximate surface area is 154 Å². The number of pyridine rings is 1. The van der Waals surface area contributed by atoms with Crippen molar-refractivity contribution in [3.63, 3.8) is 0 Å². The van der Waals surface area contributed by atoms with E-state index in [0.29, 0.717) is 30.2 Å². The fraction of sp³-hybridized carbons (Fsp3) is 0.500. The molecule has 0 aliphatic carbocycles. The van der Waals surface area contributed by atoms with Gasteiger partial charge in [-0.15, -0.1) is 0 Å². The van der Waals surface area contributed by atoms with Crippen molar-refractivity contribution in [2.75, 3.05) is 19.7 Å². The molecule has 2 aromatic rings. The molecule has 3 heterocycles. The van der Waals surface area contributed by atoms with E-state index in [0.717, 1.165) is 31.2 Å². The maximum absolute atomic E-state index is 13.0. The minimum absolute atomic E-state index is 0.0473. The minimum Gasteiger partial charge on any atom is -0.396 e. The molecule has 1 atom stereocenters. The molecule has 1 amide bonds. The van der Waals surface area contributed by atoms with E-state index in [9.17, 15) is 9.90 Å². The van der Waals surface area contributed by atoms with Gasteiger partial charge in [0.05, 0.1) is 17.9 Å². The zero-order valence-corrected chi connectivity index (χ0v) is 15.5. The van der Waals surface area contributed by atoms with Gasteiger partial charge in [-0.25, -0.2) is 9.97 Å². The molecule has 1 fully saturated rings. The van der Waals surface area contributed by atoms with E-state index in [1.54, 1.807) is 18.6 Å². The van der Waals surface area contributed by atoms with Crippen LogP contribution < -0.4 is 0 Å². The Balaban J connectivity index is 1.81. The van der Waals surface area contributed by atoms with Crippen molar-refractivity contribution >= 4 is 5.91 Å². The number of aryl methyl sites for hydroxylation is 1. The summed E-state index contributed by atoms with van der Waals surface area (Å²) in [6.07, 6.45) is 8.85. The quantitative estimate of drug-likeness (QED) is 0.893. The number of amides is 1. The third-order valence-corrected chi connectivity index (χ3v) is 5.19. The second-order valence-electron chi connectivity index (χ2n) is 7.17. The highest BCUT2D eigenvalue weighted by Gasteiger charge is 2.36. The van der Waals surface area contributed by atoms with Crippen LogP contribution in [0, 0.1) is 12.3 Å². The van der Waals surface area contributed by atoms with Crippen molar-refractivity contribution in [2.45, 2.75) is 39.5 Å². The molecule has 6 heteroatoms. The lowest BCUT2D eigenvalue weighted by Crippen LogP contribution is -2.48. The molecule has 2 aromatic heterocycles. The van der Waals surface area contributed by atoms with Gasteiger partial charge in [0.2, 0.25) is 0 Å². The van der Waals surface area contributed by atoms with Crippen molar-refractivity contribution in [3.8, 4) is 11.4 Å². The molecule has 6 nitrogen and oxygen atoms in total. The standard InChI is InChI=1S/C20H26N4O2/c1-3-7-20(14-25)8-5-10-24(13-20)19(26)17-12-22-18(23-15(17)2)16-6-4-9-21-11-16/h4,6,9,11-12,25H,3,5,7-8,10,13-14H2,1-2H3/t20-/m1/s1. The SMILES string of the molecule is CCC[C@@]1(CO)CCCN(C(=O)c2cnc(-c3cccnc3)nc2C)C1. The minimum atomic E-state index is -0.174. The highest BCUT2D eigenvalue weighted by Crippen LogP contribution is 2.34. The van der Waals surface area contributed by atoms with Gasteiger partial charge in [-0.05, 0) is 38.3 Å². The molecule has 0 saturated carbocycles. The average Bonchev–Trinajstić information content (AvgIpc) is 2.68. The van der Waals surface area contributed by atoms with E-state index in [4.69, 9.17) is 0 Å². The molecule has 138 valence electrons. The van der Waals surface area contributed by atoms with Gasteiger partial charge in [-0.2, -0.15) is 0 Å². The van der Waals surface area contributed by atoms with Crippen LogP contribution >= 0.6 is 0 Å². The van der Waals surface area contributed by atoms with Crippen molar-refractivity contribution in [3.05, 3.63) is 42.0 Å². The lowest BCUT2D eigenvalue weighted by Gasteiger charge is -2.42. The number of hydrogen-bond acceptors (Lipinski definition) is 5. The maximum Gasteiger partial charge on any atom is 0.257 e. The molecule has 0 bridgehead atoms. The van der Waals surface area contributed by atoms with Gasteiger partial charge >= 0.3 is 0 Å². The number of aliphatic hydroxyl groups excluding tert-OH is 1. The third kappa shape index (κ3) is 3.75. The summed E-state index contributed by atoms with van der Waals surface area (Å²) in [5.41, 5.74) is 1.85. The number of aliphatic hydroxyl groups is 1. The number of rotatable bonds is 5. The lowest BCUT2D eigenvalue weighted by atomic mass is 9.77. The van der Waals surface area contributed by atoms with Gasteiger partial charge in [0.15, 0.2) is 5.82 Å². The Morgan fingerprint density at radius 2 is 2.23 bits per heavy atom. The third-order valence-electron chi connectivity index (χ3n) is 5.19. The van der Waals surface area contributed by atoms with Crippen molar-refractivity contribution < 1.29 is 9.90 Å². The van der Waals surface area contributed by atoms with Crippen LogP contribution in [0.3, 0.4) is 0 Å². The zero-order valence-electron chi connectivity index (χ0n) is 15.5. The molecular formula is C20H26N4O2. The number of piperidine rings is 1. The molecule has 1 aliphatic rings. The summed E-state index contributed by atoms with van der Waals surface area (Å²) in [5, 5.41) is 9.89. The second kappa shape index (κ2) is 7.91. The second-order valence-corrected chi connectivity index (χ2v) is 7.17. The normalized spacial score (nSPS) is 20.2. The molecule has 3 rings (SSSR count). The first-order valence-electron chi connectivity index (χ1n) is 9.23. The summed E-state index contributed by atoms with van der Waals surface area (Å²) in [4.78, 5) is 27.8. The summed E-state index contributed by atoms with van der Waals surface area (Å²) < 4.78 is 0. The highest BCUT2D eigenvalue weighted by atomic mass is 16.3. The first-order valence-corrected chi connectivity index (χ1v) is 9.23. The van der Waals surface area contributed by atoms with Crippen molar-refractivity contribution in [2.24, 2.45) is 5.41 Å². The van der Waals surface area contributed by atoms with Crippen LogP contribution in [0.5, 0.6) is 0 Å². The van der Waals surface area contributed by atoms with Gasteiger partial charge < -0.3 is 10.0 Å². The first kappa shape index (κ1) is 18.5. The summed E-state index contributed by atoms with van der Waals surface area (Å²) >= 11 is 0. The molecule has 0 spiro atoms. The van der Waals surface area contributed by atoms with E-state index in [1.807, 2.05) is 24.0 Å². The van der Waals surface area contributed by atoms with Crippen LogP contribution in [0.25, 0.3) is 11.4 Å². The number of carbonyl (C=O) groups is 1. The predicted molar refractivity (Wildman–Crippen MR) is 99.6 cm³/mol. The van der Waals surface area contributed by atoms with E-state index in [-0.39, 0.29) is 17.9 Å². The summed E-state index contributed by atoms with van der Waals surface area (Å²) in [6.45, 7) is 5.39. The Morgan fingerprint density at radius 1 is 1.38 bits per heavy atom. The summed E-state index contributed by atoms with van der Waals surface area (Å²) in [7, 11) is 0. The molecule has 0 unspecified atom stereocenters. The number of likely N-dealkylation sites (tertiary alicyclic amines) is 1. The number of aromatic nitrogens is 3. The van der Waals surface area contributed by atoms with Gasteiger partial charge in [-0.3, -0.25) is 9.78 Å². The average molecular weight is 354 g/mol. The predicted octanol–water partition coefficient (Wildman–Crippen LogP) is 2.86. The fourth-order valence-corrected chi connectivity index (χ4v) is 3.81.